The number of carbonyl (C=O) groups excluding carboxylic acids is 1. The van der Waals surface area contributed by atoms with Gasteiger partial charge >= 0.3 is 5.51 Å². The van der Waals surface area contributed by atoms with Crippen molar-refractivity contribution >= 4 is 66.1 Å². The second-order valence-electron chi connectivity index (χ2n) is 14.8. The summed E-state index contributed by atoms with van der Waals surface area (Å²) in [5.74, 6) is -0.662. The van der Waals surface area contributed by atoms with Crippen molar-refractivity contribution in [2.24, 2.45) is 0 Å². The van der Waals surface area contributed by atoms with Gasteiger partial charge in [0.2, 0.25) is 0 Å². The summed E-state index contributed by atoms with van der Waals surface area (Å²) >= 11 is 7.55. The standard InChI is InChI=1S/C42H47ClF3N5O6S3/c1-49(2)20-18-34(29-58-36-6-4-3-5-7-36)47-39-17-16-37(26-40(39)59(53,54)42(44,45)46)60(55,56)48-41(52)31-10-14-35(15-11-31)51-23-21-50(22-24-51)27-32-28-57-25-19-38(32)30-8-12-33(43)13-9-30/h3-17,26,34,47H,18-25,27-29H2,1-2H3,(H,48,52)/t34-/m1/s1. The molecule has 0 aromatic heterocycles. The number of alkyl halides is 3. The van der Waals surface area contributed by atoms with Crippen molar-refractivity contribution in [3.05, 3.63) is 119 Å². The van der Waals surface area contributed by atoms with Crippen LogP contribution in [0.3, 0.4) is 0 Å². The monoisotopic (exact) mass is 905 g/mol. The minimum absolute atomic E-state index is 0.0130. The number of thioether (sulfide) groups is 1. The lowest BCUT2D eigenvalue weighted by Gasteiger charge is -2.37. The fourth-order valence-corrected chi connectivity index (χ4v) is 10.1. The lowest BCUT2D eigenvalue weighted by Crippen LogP contribution is -2.47. The zero-order valence-electron chi connectivity index (χ0n) is 33.1. The van der Waals surface area contributed by atoms with Crippen molar-refractivity contribution < 1.29 is 39.5 Å². The average Bonchev–Trinajstić information content (AvgIpc) is 3.22. The molecule has 11 nitrogen and oxygen atoms in total. The van der Waals surface area contributed by atoms with Crippen LogP contribution in [-0.2, 0) is 24.6 Å². The number of halogens is 4. The van der Waals surface area contributed by atoms with Crippen LogP contribution in [-0.4, -0.2) is 116 Å². The fourth-order valence-electron chi connectivity index (χ4n) is 6.95. The smallest absolute Gasteiger partial charge is 0.380 e. The van der Waals surface area contributed by atoms with Crippen LogP contribution >= 0.6 is 23.4 Å². The molecule has 2 heterocycles. The summed E-state index contributed by atoms with van der Waals surface area (Å²) in [6, 6.07) is 25.4. The Morgan fingerprint density at radius 1 is 0.917 bits per heavy atom. The number of sulfone groups is 1. The van der Waals surface area contributed by atoms with E-state index in [0.29, 0.717) is 56.1 Å². The van der Waals surface area contributed by atoms with Crippen molar-refractivity contribution in [2.45, 2.75) is 39.1 Å². The van der Waals surface area contributed by atoms with Crippen molar-refractivity contribution in [3.63, 3.8) is 0 Å². The molecule has 0 unspecified atom stereocenters. The molecule has 2 aliphatic rings. The van der Waals surface area contributed by atoms with Gasteiger partial charge in [0.15, 0.2) is 0 Å². The van der Waals surface area contributed by atoms with E-state index in [1.54, 1.807) is 12.1 Å². The first-order chi connectivity index (χ1) is 28.5. The van der Waals surface area contributed by atoms with Crippen LogP contribution < -0.4 is 14.9 Å². The van der Waals surface area contributed by atoms with Crippen LogP contribution in [0.1, 0.15) is 28.8 Å². The second-order valence-corrected chi connectivity index (χ2v) is 19.9. The highest BCUT2D eigenvalue weighted by Crippen LogP contribution is 2.37. The van der Waals surface area contributed by atoms with E-state index in [1.807, 2.05) is 78.3 Å². The highest BCUT2D eigenvalue weighted by Gasteiger charge is 2.48. The van der Waals surface area contributed by atoms with Crippen molar-refractivity contribution in [1.82, 2.24) is 14.5 Å². The number of sulfonamides is 1. The van der Waals surface area contributed by atoms with Gasteiger partial charge in [-0.3, -0.25) is 9.69 Å². The van der Waals surface area contributed by atoms with Crippen LogP contribution in [0.5, 0.6) is 0 Å². The van der Waals surface area contributed by atoms with Crippen molar-refractivity contribution in [2.75, 3.05) is 82.5 Å². The number of hydrogen-bond donors (Lipinski definition) is 2. The van der Waals surface area contributed by atoms with Crippen LogP contribution in [0.15, 0.2) is 117 Å². The van der Waals surface area contributed by atoms with E-state index in [1.165, 1.54) is 35.0 Å². The molecule has 1 amide bonds. The SMILES string of the molecule is CN(C)CC[C@H](CSc1ccccc1)Nc1ccc(S(=O)(=O)NC(=O)c2ccc(N3CCN(CC4=C(c5ccc(Cl)cc5)CCOC4)CC3)cc2)cc1S(=O)(=O)C(F)(F)F. The number of hydrogen-bond acceptors (Lipinski definition) is 11. The summed E-state index contributed by atoms with van der Waals surface area (Å²) in [6.45, 7) is 5.52. The topological polar surface area (TPSA) is 128 Å². The number of ether oxygens (including phenoxy) is 1. The summed E-state index contributed by atoms with van der Waals surface area (Å²) in [5, 5.41) is 3.62. The zero-order chi connectivity index (χ0) is 43.1. The molecule has 2 aliphatic heterocycles. The Labute approximate surface area is 358 Å². The number of nitrogens with zero attached hydrogens (tertiary/aromatic N) is 3. The first kappa shape index (κ1) is 45.4. The molecule has 0 radical (unpaired) electrons. The predicted molar refractivity (Wildman–Crippen MR) is 231 cm³/mol. The summed E-state index contributed by atoms with van der Waals surface area (Å²) in [6.07, 6.45) is 1.26. The van der Waals surface area contributed by atoms with E-state index >= 15 is 0 Å². The van der Waals surface area contributed by atoms with Gasteiger partial charge < -0.3 is 19.9 Å². The predicted octanol–water partition coefficient (Wildman–Crippen LogP) is 7.27. The number of piperazine rings is 1. The molecule has 1 saturated heterocycles. The van der Waals surface area contributed by atoms with E-state index in [2.05, 4.69) is 15.1 Å². The zero-order valence-corrected chi connectivity index (χ0v) is 36.3. The highest BCUT2D eigenvalue weighted by atomic mass is 35.5. The molecule has 18 heteroatoms. The number of benzene rings is 4. The van der Waals surface area contributed by atoms with Gasteiger partial charge in [-0.1, -0.05) is 41.9 Å². The van der Waals surface area contributed by atoms with E-state index in [4.69, 9.17) is 16.3 Å². The van der Waals surface area contributed by atoms with E-state index < -0.39 is 52.8 Å². The van der Waals surface area contributed by atoms with Crippen LogP contribution in [0, 0.1) is 0 Å². The molecule has 4 aromatic rings. The molecular weight excluding hydrogens is 859 g/mol. The van der Waals surface area contributed by atoms with Crippen LogP contribution in [0.2, 0.25) is 5.02 Å². The van der Waals surface area contributed by atoms with Gasteiger partial charge in [0.05, 0.1) is 23.8 Å². The van der Waals surface area contributed by atoms with Crippen LogP contribution in [0.4, 0.5) is 24.5 Å². The Morgan fingerprint density at radius 3 is 2.25 bits per heavy atom. The molecule has 0 aliphatic carbocycles. The van der Waals surface area contributed by atoms with Gasteiger partial charge in [-0.25, -0.2) is 21.6 Å². The summed E-state index contributed by atoms with van der Waals surface area (Å²) < 4.78 is 102. The molecule has 0 saturated carbocycles. The van der Waals surface area contributed by atoms with Gasteiger partial charge in [-0.15, -0.1) is 11.8 Å². The minimum Gasteiger partial charge on any atom is -0.380 e. The lowest BCUT2D eigenvalue weighted by atomic mass is 9.95. The van der Waals surface area contributed by atoms with E-state index in [0.717, 1.165) is 54.3 Å². The molecule has 1 atom stereocenters. The third-order valence-electron chi connectivity index (χ3n) is 10.2. The highest BCUT2D eigenvalue weighted by molar-refractivity contribution is 7.99. The molecular formula is C42H47ClF3N5O6S3. The Balaban J connectivity index is 1.12. The van der Waals surface area contributed by atoms with Gasteiger partial charge in [0, 0.05) is 65.7 Å². The molecule has 0 spiro atoms. The summed E-state index contributed by atoms with van der Waals surface area (Å²) in [4.78, 5) is 18.5. The second kappa shape index (κ2) is 19.7. The third kappa shape index (κ3) is 11.6. The first-order valence-corrected chi connectivity index (χ1v) is 23.6. The Hall–Kier alpha value is -4.10. The maximum Gasteiger partial charge on any atom is 0.501 e. The maximum absolute atomic E-state index is 14.0. The van der Waals surface area contributed by atoms with Gasteiger partial charge in [0.1, 0.15) is 4.90 Å². The Kier molecular flexibility index (Phi) is 14.9. The number of anilines is 2. The largest absolute Gasteiger partial charge is 0.501 e. The molecule has 0 bridgehead atoms. The minimum atomic E-state index is -6.03. The van der Waals surface area contributed by atoms with Gasteiger partial charge in [-0.05, 0) is 117 Å². The van der Waals surface area contributed by atoms with Gasteiger partial charge in [-0.2, -0.15) is 13.2 Å². The quantitative estimate of drug-likeness (QED) is 0.110. The molecule has 4 aromatic carbocycles. The van der Waals surface area contributed by atoms with Crippen molar-refractivity contribution in [3.8, 4) is 0 Å². The van der Waals surface area contributed by atoms with E-state index in [-0.39, 0.29) is 5.56 Å². The molecule has 2 N–H and O–H groups in total. The number of carbonyl (C=O) groups is 1. The van der Waals surface area contributed by atoms with E-state index in [9.17, 15) is 34.8 Å². The fraction of sp³-hybridized carbons (Fsp3) is 0.357. The number of rotatable bonds is 16. The van der Waals surface area contributed by atoms with Crippen molar-refractivity contribution in [1.29, 1.82) is 0 Å². The molecule has 6 rings (SSSR count). The normalized spacial score (nSPS) is 16.2. The van der Waals surface area contributed by atoms with Gasteiger partial charge in [0.25, 0.3) is 25.8 Å². The third-order valence-corrected chi connectivity index (χ3v) is 14.5. The molecule has 322 valence electrons. The molecule has 1 fully saturated rings. The Bertz CT molecular complexity index is 2360. The summed E-state index contributed by atoms with van der Waals surface area (Å²) in [5.41, 5.74) is -1.66. The Morgan fingerprint density at radius 2 is 1.60 bits per heavy atom. The lowest BCUT2D eigenvalue weighted by molar-refractivity contribution is -0.0435. The first-order valence-electron chi connectivity index (χ1n) is 19.2. The number of nitrogens with one attached hydrogen (secondary N) is 2. The van der Waals surface area contributed by atoms with Crippen LogP contribution in [0.25, 0.3) is 5.57 Å². The summed E-state index contributed by atoms with van der Waals surface area (Å²) in [7, 11) is -7.20. The average molecular weight is 907 g/mol. The number of amides is 1. The maximum atomic E-state index is 14.0. The molecule has 60 heavy (non-hydrogen) atoms.